The Morgan fingerprint density at radius 3 is 2.22 bits per heavy atom. The largest absolute Gasteiger partial charge is 0.434 e. The molecule has 3 aliphatic rings. The molecule has 2 saturated carbocycles. The smallest absolute Gasteiger partial charge is 0.426 e. The zero-order chi connectivity index (χ0) is 23.3. The molecule has 2 heterocycles. The van der Waals surface area contributed by atoms with Crippen LogP contribution in [0.5, 0.6) is 0 Å². The van der Waals surface area contributed by atoms with Crippen molar-refractivity contribution in [1.82, 2.24) is 9.88 Å². The van der Waals surface area contributed by atoms with E-state index in [1.54, 1.807) is 12.3 Å². The fraction of sp³-hybridized carbons (Fsp3) is 0.650. The fourth-order valence-corrected chi connectivity index (χ4v) is 4.23. The minimum atomic E-state index is -5.75. The average molecular weight is 465 g/mol. The van der Waals surface area contributed by atoms with Crippen LogP contribution in [0.4, 0.5) is 36.8 Å². The summed E-state index contributed by atoms with van der Waals surface area (Å²) in [5.74, 6) is -0.0519. The van der Waals surface area contributed by atoms with Crippen LogP contribution in [0.2, 0.25) is 0 Å². The van der Waals surface area contributed by atoms with E-state index in [0.717, 1.165) is 23.4 Å². The van der Waals surface area contributed by atoms with Crippen molar-refractivity contribution in [1.29, 1.82) is 0 Å². The van der Waals surface area contributed by atoms with Crippen molar-refractivity contribution in [2.75, 3.05) is 18.4 Å². The van der Waals surface area contributed by atoms with Gasteiger partial charge in [0.05, 0.1) is 11.9 Å². The number of aromatic nitrogens is 1. The number of nitrogens with zero attached hydrogens (tertiary/aromatic N) is 2. The summed E-state index contributed by atoms with van der Waals surface area (Å²) in [4.78, 5) is 29.6. The van der Waals surface area contributed by atoms with Gasteiger partial charge in [0.1, 0.15) is 0 Å². The highest BCUT2D eigenvalue weighted by Gasteiger charge is 2.61. The number of amides is 2. The Labute approximate surface area is 179 Å². The topological polar surface area (TPSA) is 71.5 Å². The number of likely N-dealkylation sites (tertiary alicyclic amines) is 1. The monoisotopic (exact) mass is 465 g/mol. The Morgan fingerprint density at radius 2 is 1.72 bits per heavy atom. The molecule has 0 radical (unpaired) electrons. The van der Waals surface area contributed by atoms with Crippen molar-refractivity contribution in [3.63, 3.8) is 0 Å². The second kappa shape index (κ2) is 7.80. The molecular weight excluding hydrogens is 444 g/mol. The summed E-state index contributed by atoms with van der Waals surface area (Å²) in [7, 11) is 0. The molecule has 1 spiro atoms. The first-order valence-corrected chi connectivity index (χ1v) is 10.2. The van der Waals surface area contributed by atoms with Gasteiger partial charge in [0, 0.05) is 30.6 Å². The van der Waals surface area contributed by atoms with E-state index in [1.807, 2.05) is 6.07 Å². The van der Waals surface area contributed by atoms with E-state index < -0.39 is 30.0 Å². The normalized spacial score (nSPS) is 22.7. The Balaban J connectivity index is 1.28. The summed E-state index contributed by atoms with van der Waals surface area (Å²) in [5, 5.41) is 2.80. The van der Waals surface area contributed by atoms with Gasteiger partial charge in [0.25, 0.3) is 6.10 Å². The third-order valence-electron chi connectivity index (χ3n) is 6.39. The number of alkyl halides is 6. The van der Waals surface area contributed by atoms with Gasteiger partial charge in [-0.1, -0.05) is 0 Å². The van der Waals surface area contributed by atoms with E-state index >= 15 is 0 Å². The minimum Gasteiger partial charge on any atom is -0.426 e. The summed E-state index contributed by atoms with van der Waals surface area (Å²) in [6, 6.07) is 3.65. The molecule has 1 N–H and O–H groups in total. The van der Waals surface area contributed by atoms with Crippen LogP contribution < -0.4 is 5.32 Å². The molecule has 2 aliphatic carbocycles. The zero-order valence-corrected chi connectivity index (χ0v) is 16.8. The van der Waals surface area contributed by atoms with Gasteiger partial charge in [-0.2, -0.15) is 26.3 Å². The minimum absolute atomic E-state index is 0.0807. The first-order chi connectivity index (χ1) is 14.9. The van der Waals surface area contributed by atoms with Crippen LogP contribution in [-0.4, -0.2) is 53.4 Å². The second-order valence-electron chi connectivity index (χ2n) is 8.69. The van der Waals surface area contributed by atoms with Crippen LogP contribution in [0.3, 0.4) is 0 Å². The van der Waals surface area contributed by atoms with Crippen LogP contribution in [0.25, 0.3) is 0 Å². The summed E-state index contributed by atoms with van der Waals surface area (Å²) in [6.45, 7) is -0.161. The number of carbonyl (C=O) groups is 2. The Hall–Kier alpha value is -2.53. The number of hydrogen-bond acceptors (Lipinski definition) is 4. The quantitative estimate of drug-likeness (QED) is 0.659. The molecule has 0 bridgehead atoms. The number of anilines is 1. The van der Waals surface area contributed by atoms with Crippen LogP contribution in [0, 0.1) is 11.3 Å². The van der Waals surface area contributed by atoms with E-state index in [0.29, 0.717) is 30.9 Å². The third-order valence-corrected chi connectivity index (χ3v) is 6.39. The van der Waals surface area contributed by atoms with Gasteiger partial charge >= 0.3 is 18.4 Å². The average Bonchev–Trinajstić information content (AvgIpc) is 3.62. The molecule has 1 atom stereocenters. The maximum Gasteiger partial charge on any atom is 0.434 e. The van der Waals surface area contributed by atoms with Crippen LogP contribution in [-0.2, 0) is 9.53 Å². The molecular formula is C20H21F6N3O3. The summed E-state index contributed by atoms with van der Waals surface area (Å²) < 4.78 is 79.3. The van der Waals surface area contributed by atoms with Crippen LogP contribution in [0.1, 0.15) is 43.7 Å². The first-order valence-electron chi connectivity index (χ1n) is 10.2. The number of pyridine rings is 1. The van der Waals surface area contributed by atoms with Crippen molar-refractivity contribution < 1.29 is 40.7 Å². The predicted molar refractivity (Wildman–Crippen MR) is 98.6 cm³/mol. The highest BCUT2D eigenvalue weighted by atomic mass is 19.4. The van der Waals surface area contributed by atoms with Gasteiger partial charge in [-0.15, -0.1) is 0 Å². The van der Waals surface area contributed by atoms with Crippen LogP contribution >= 0.6 is 0 Å². The number of rotatable bonds is 4. The number of carbonyl (C=O) groups excluding carboxylic acids is 2. The van der Waals surface area contributed by atoms with Gasteiger partial charge in [-0.05, 0) is 49.7 Å². The maximum atomic E-state index is 12.6. The van der Waals surface area contributed by atoms with E-state index in [-0.39, 0.29) is 24.9 Å². The molecule has 6 nitrogen and oxygen atoms in total. The predicted octanol–water partition coefficient (Wildman–Crippen LogP) is 4.63. The fourth-order valence-electron chi connectivity index (χ4n) is 4.23. The number of nitrogens with one attached hydrogen (secondary N) is 1. The second-order valence-corrected chi connectivity index (χ2v) is 8.69. The van der Waals surface area contributed by atoms with Crippen molar-refractivity contribution in [2.45, 2.75) is 56.5 Å². The first kappa shape index (κ1) is 22.7. The molecule has 1 aromatic rings. The van der Waals surface area contributed by atoms with Crippen molar-refractivity contribution in [2.24, 2.45) is 11.3 Å². The molecule has 0 aromatic carbocycles. The molecule has 3 fully saturated rings. The third kappa shape index (κ3) is 4.78. The van der Waals surface area contributed by atoms with E-state index in [4.69, 9.17) is 0 Å². The molecule has 1 aromatic heterocycles. The van der Waals surface area contributed by atoms with E-state index in [9.17, 15) is 35.9 Å². The standard InChI is InChI=1S/C20H21F6N3O3/c21-19(22,23)16(20(24,25)26)32-17(31)29-7-5-18(6-8-29)9-13(18)15(30)28-12-3-4-14(27-10-12)11-1-2-11/h3-4,10-11,13,16H,1-2,5-9H2,(H,28,30)/t13-/m0/s1. The lowest BCUT2D eigenvalue weighted by molar-refractivity contribution is -0.308. The lowest BCUT2D eigenvalue weighted by atomic mass is 9.91. The number of halogens is 6. The number of hydrogen-bond donors (Lipinski definition) is 1. The molecule has 176 valence electrons. The van der Waals surface area contributed by atoms with Crippen LogP contribution in [0.15, 0.2) is 18.3 Å². The Kier molecular flexibility index (Phi) is 5.52. The molecule has 1 aliphatic heterocycles. The molecule has 4 rings (SSSR count). The number of piperidine rings is 1. The molecule has 2 amide bonds. The highest BCUT2D eigenvalue weighted by Crippen LogP contribution is 2.59. The van der Waals surface area contributed by atoms with Crippen molar-refractivity contribution in [3.8, 4) is 0 Å². The molecule has 32 heavy (non-hydrogen) atoms. The molecule has 12 heteroatoms. The lowest BCUT2D eigenvalue weighted by Crippen LogP contribution is -2.49. The maximum absolute atomic E-state index is 12.6. The van der Waals surface area contributed by atoms with Gasteiger partial charge in [-0.25, -0.2) is 4.79 Å². The summed E-state index contributed by atoms with van der Waals surface area (Å²) >= 11 is 0. The number of ether oxygens (including phenoxy) is 1. The summed E-state index contributed by atoms with van der Waals surface area (Å²) in [6.07, 6.45) is -12.4. The summed E-state index contributed by atoms with van der Waals surface area (Å²) in [5.41, 5.74) is 1.15. The molecule has 1 saturated heterocycles. The Bertz CT molecular complexity index is 860. The van der Waals surface area contributed by atoms with Crippen molar-refractivity contribution in [3.05, 3.63) is 24.0 Å². The lowest BCUT2D eigenvalue weighted by Gasteiger charge is -2.33. The Morgan fingerprint density at radius 1 is 1.09 bits per heavy atom. The van der Waals surface area contributed by atoms with Gasteiger partial charge in [0.2, 0.25) is 5.91 Å². The van der Waals surface area contributed by atoms with E-state index in [1.165, 1.54) is 0 Å². The highest BCUT2D eigenvalue weighted by molar-refractivity contribution is 5.95. The van der Waals surface area contributed by atoms with Gasteiger partial charge in [0.15, 0.2) is 0 Å². The zero-order valence-electron chi connectivity index (χ0n) is 16.8. The van der Waals surface area contributed by atoms with Gasteiger partial charge < -0.3 is 15.0 Å². The van der Waals surface area contributed by atoms with Crippen molar-refractivity contribution >= 4 is 17.7 Å². The SMILES string of the molecule is O=C(Nc1ccc(C2CC2)nc1)[C@@H]1CC12CCN(C(=O)OC(C(F)(F)F)C(F)(F)F)CC2. The van der Waals surface area contributed by atoms with Gasteiger partial charge in [-0.3, -0.25) is 9.78 Å². The van der Waals surface area contributed by atoms with E-state index in [2.05, 4.69) is 15.0 Å². The molecule has 0 unspecified atom stereocenters.